The van der Waals surface area contributed by atoms with Crippen LogP contribution in [0.3, 0.4) is 0 Å². The van der Waals surface area contributed by atoms with Crippen molar-refractivity contribution in [3.05, 3.63) is 57.4 Å². The lowest BCUT2D eigenvalue weighted by Crippen LogP contribution is -2.26. The lowest BCUT2D eigenvalue weighted by molar-refractivity contribution is 0.0949. The third-order valence-corrected chi connectivity index (χ3v) is 6.33. The first kappa shape index (κ1) is 18.1. The number of amides is 1. The van der Waals surface area contributed by atoms with Crippen LogP contribution in [0.25, 0.3) is 20.9 Å². The van der Waals surface area contributed by atoms with Gasteiger partial charge in [0.1, 0.15) is 22.3 Å². The van der Waals surface area contributed by atoms with Crippen LogP contribution in [-0.2, 0) is 13.5 Å². The lowest BCUT2D eigenvalue weighted by Gasteiger charge is -2.04. The first-order chi connectivity index (χ1) is 13.0. The van der Waals surface area contributed by atoms with E-state index in [0.717, 1.165) is 21.2 Å². The summed E-state index contributed by atoms with van der Waals surface area (Å²) in [4.78, 5) is 22.1. The number of nitrogens with zero attached hydrogens (tertiary/aromatic N) is 3. The molecule has 1 N–H and O–H groups in total. The fourth-order valence-electron chi connectivity index (χ4n) is 2.75. The highest BCUT2D eigenvalue weighted by molar-refractivity contribution is 7.23. The minimum atomic E-state index is -0.313. The summed E-state index contributed by atoms with van der Waals surface area (Å²) < 4.78 is 15.9. The Bertz CT molecular complexity index is 1130. The van der Waals surface area contributed by atoms with Gasteiger partial charge in [0.15, 0.2) is 0 Å². The zero-order chi connectivity index (χ0) is 19.0. The first-order valence-electron chi connectivity index (χ1n) is 8.11. The van der Waals surface area contributed by atoms with Gasteiger partial charge < -0.3 is 9.88 Å². The van der Waals surface area contributed by atoms with Gasteiger partial charge in [-0.1, -0.05) is 11.6 Å². The van der Waals surface area contributed by atoms with Crippen molar-refractivity contribution in [2.75, 3.05) is 6.54 Å². The van der Waals surface area contributed by atoms with E-state index in [4.69, 9.17) is 11.6 Å². The molecule has 138 valence electrons. The van der Waals surface area contributed by atoms with E-state index in [0.29, 0.717) is 28.5 Å². The van der Waals surface area contributed by atoms with Crippen LogP contribution in [0.15, 0.2) is 35.7 Å². The molecule has 3 aromatic heterocycles. The molecule has 3 heterocycles. The number of aryl methyl sites for hydroxylation is 1. The van der Waals surface area contributed by atoms with Crippen LogP contribution in [0.4, 0.5) is 4.39 Å². The molecule has 0 saturated carbocycles. The Morgan fingerprint density at radius 2 is 2.15 bits per heavy atom. The summed E-state index contributed by atoms with van der Waals surface area (Å²) in [5, 5.41) is 5.36. The number of rotatable bonds is 5. The molecule has 4 rings (SSSR count). The molecule has 0 aliphatic carbocycles. The Hall–Kier alpha value is -2.29. The van der Waals surface area contributed by atoms with E-state index in [1.165, 1.54) is 34.8 Å². The van der Waals surface area contributed by atoms with E-state index in [9.17, 15) is 9.18 Å². The SMILES string of the molecule is Cn1c(CCNC(=O)c2csc(-c3ccc(Cl)s3)n2)nc2cc(F)ccc21. The van der Waals surface area contributed by atoms with Gasteiger partial charge in [0.25, 0.3) is 5.91 Å². The highest BCUT2D eigenvalue weighted by Crippen LogP contribution is 2.32. The number of fused-ring (bicyclic) bond motifs is 1. The van der Waals surface area contributed by atoms with Gasteiger partial charge in [-0.3, -0.25) is 4.79 Å². The van der Waals surface area contributed by atoms with Gasteiger partial charge >= 0.3 is 0 Å². The Balaban J connectivity index is 1.40. The van der Waals surface area contributed by atoms with Gasteiger partial charge in [0.05, 0.1) is 20.2 Å². The quantitative estimate of drug-likeness (QED) is 0.516. The molecule has 0 aliphatic rings. The highest BCUT2D eigenvalue weighted by atomic mass is 35.5. The maximum absolute atomic E-state index is 13.3. The molecule has 0 atom stereocenters. The van der Waals surface area contributed by atoms with E-state index >= 15 is 0 Å². The second kappa shape index (κ2) is 7.38. The second-order valence-corrected chi connectivity index (χ2v) is 8.44. The van der Waals surface area contributed by atoms with E-state index in [2.05, 4.69) is 15.3 Å². The van der Waals surface area contributed by atoms with Crippen molar-refractivity contribution < 1.29 is 9.18 Å². The third kappa shape index (κ3) is 3.73. The summed E-state index contributed by atoms with van der Waals surface area (Å²) >= 11 is 8.78. The first-order valence-corrected chi connectivity index (χ1v) is 10.2. The van der Waals surface area contributed by atoms with Crippen molar-refractivity contribution in [1.82, 2.24) is 19.9 Å². The maximum Gasteiger partial charge on any atom is 0.270 e. The number of carbonyl (C=O) groups is 1. The molecule has 1 aromatic carbocycles. The van der Waals surface area contributed by atoms with Crippen molar-refractivity contribution in [3.63, 3.8) is 0 Å². The normalized spacial score (nSPS) is 11.2. The Kier molecular flexibility index (Phi) is 4.94. The predicted octanol–water partition coefficient (Wildman–Crippen LogP) is 4.52. The van der Waals surface area contributed by atoms with Gasteiger partial charge in [-0.15, -0.1) is 22.7 Å². The number of hydrogen-bond acceptors (Lipinski definition) is 5. The summed E-state index contributed by atoms with van der Waals surface area (Å²) in [6.45, 7) is 0.413. The predicted molar refractivity (Wildman–Crippen MR) is 107 cm³/mol. The monoisotopic (exact) mass is 420 g/mol. The molecule has 0 fully saturated rings. The fourth-order valence-corrected chi connectivity index (χ4v) is 4.66. The average Bonchev–Trinajstić information content (AvgIpc) is 3.35. The summed E-state index contributed by atoms with van der Waals surface area (Å²) in [6.07, 6.45) is 0.538. The molecule has 5 nitrogen and oxygen atoms in total. The van der Waals surface area contributed by atoms with Crippen molar-refractivity contribution in [3.8, 4) is 9.88 Å². The van der Waals surface area contributed by atoms with E-state index < -0.39 is 0 Å². The number of hydrogen-bond donors (Lipinski definition) is 1. The van der Waals surface area contributed by atoms with Crippen LogP contribution in [0.1, 0.15) is 16.3 Å². The number of benzene rings is 1. The zero-order valence-electron chi connectivity index (χ0n) is 14.2. The molecular weight excluding hydrogens is 407 g/mol. The van der Waals surface area contributed by atoms with Crippen LogP contribution in [0, 0.1) is 5.82 Å². The topological polar surface area (TPSA) is 59.8 Å². The number of imidazole rings is 1. The standard InChI is InChI=1S/C18H14ClFN4OS2/c1-24-13-3-2-10(20)8-11(13)22-16(24)6-7-21-17(25)12-9-26-18(23-12)14-4-5-15(19)27-14/h2-5,8-9H,6-7H2,1H3,(H,21,25). The molecule has 0 spiro atoms. The van der Waals surface area contributed by atoms with Gasteiger partial charge in [0, 0.05) is 31.5 Å². The summed E-state index contributed by atoms with van der Waals surface area (Å²) in [5.41, 5.74) is 1.85. The minimum absolute atomic E-state index is 0.232. The number of carbonyl (C=O) groups excluding carboxylic acids is 1. The van der Waals surface area contributed by atoms with Crippen molar-refractivity contribution in [2.45, 2.75) is 6.42 Å². The number of aromatic nitrogens is 3. The molecule has 0 saturated heterocycles. The largest absolute Gasteiger partial charge is 0.350 e. The summed E-state index contributed by atoms with van der Waals surface area (Å²) in [7, 11) is 1.88. The highest BCUT2D eigenvalue weighted by Gasteiger charge is 2.14. The molecule has 4 aromatic rings. The van der Waals surface area contributed by atoms with Crippen LogP contribution in [0.5, 0.6) is 0 Å². The van der Waals surface area contributed by atoms with Crippen molar-refractivity contribution in [1.29, 1.82) is 0 Å². The van der Waals surface area contributed by atoms with Gasteiger partial charge in [0.2, 0.25) is 0 Å². The number of thiophene rings is 1. The molecule has 0 bridgehead atoms. The number of halogens is 2. The molecule has 27 heavy (non-hydrogen) atoms. The smallest absolute Gasteiger partial charge is 0.270 e. The van der Waals surface area contributed by atoms with E-state index in [-0.39, 0.29) is 11.7 Å². The lowest BCUT2D eigenvalue weighted by atomic mass is 10.3. The van der Waals surface area contributed by atoms with E-state index in [1.54, 1.807) is 11.4 Å². The van der Waals surface area contributed by atoms with Gasteiger partial charge in [-0.25, -0.2) is 14.4 Å². The van der Waals surface area contributed by atoms with Crippen LogP contribution >= 0.6 is 34.3 Å². The Morgan fingerprint density at radius 1 is 1.30 bits per heavy atom. The molecular formula is C18H14ClFN4OS2. The Morgan fingerprint density at radius 3 is 2.93 bits per heavy atom. The summed E-state index contributed by atoms with van der Waals surface area (Å²) in [6, 6.07) is 8.22. The molecule has 0 unspecified atom stereocenters. The Labute approximate surface area is 167 Å². The second-order valence-electron chi connectivity index (χ2n) is 5.87. The zero-order valence-corrected chi connectivity index (χ0v) is 16.6. The molecule has 0 radical (unpaired) electrons. The number of nitrogens with one attached hydrogen (secondary N) is 1. The van der Waals surface area contributed by atoms with Gasteiger partial charge in [-0.2, -0.15) is 0 Å². The maximum atomic E-state index is 13.3. The van der Waals surface area contributed by atoms with Crippen molar-refractivity contribution in [2.24, 2.45) is 7.05 Å². The van der Waals surface area contributed by atoms with E-state index in [1.807, 2.05) is 23.7 Å². The number of thiazole rings is 1. The van der Waals surface area contributed by atoms with Crippen molar-refractivity contribution >= 4 is 51.2 Å². The van der Waals surface area contributed by atoms with Crippen LogP contribution in [0.2, 0.25) is 4.34 Å². The third-order valence-electron chi connectivity index (χ3n) is 4.09. The fraction of sp³-hybridized carbons (Fsp3) is 0.167. The average molecular weight is 421 g/mol. The van der Waals surface area contributed by atoms with Gasteiger partial charge in [-0.05, 0) is 24.3 Å². The minimum Gasteiger partial charge on any atom is -0.350 e. The molecule has 1 amide bonds. The van der Waals surface area contributed by atoms with Crippen LogP contribution in [-0.4, -0.2) is 27.0 Å². The van der Waals surface area contributed by atoms with Crippen LogP contribution < -0.4 is 5.32 Å². The summed E-state index contributed by atoms with van der Waals surface area (Å²) in [5.74, 6) is 0.236. The molecule has 9 heteroatoms. The molecule has 0 aliphatic heterocycles.